The van der Waals surface area contributed by atoms with Crippen LogP contribution < -0.4 is 26.0 Å². The molecule has 5 rings (SSSR count). The number of carbonyl (C=O) groups is 2. The molecule has 10 heteroatoms. The van der Waals surface area contributed by atoms with Gasteiger partial charge in [0.2, 0.25) is 0 Å². The van der Waals surface area contributed by atoms with Crippen molar-refractivity contribution < 1.29 is 19.4 Å². The monoisotopic (exact) mass is 615 g/mol. The summed E-state index contributed by atoms with van der Waals surface area (Å²) in [5.41, 5.74) is -2.03. The normalized spacial score (nSPS) is 37.9. The summed E-state index contributed by atoms with van der Waals surface area (Å²) in [6, 6.07) is 0. The molecule has 2 bridgehead atoms. The van der Waals surface area contributed by atoms with Crippen molar-refractivity contribution in [3.05, 3.63) is 33.1 Å². The summed E-state index contributed by atoms with van der Waals surface area (Å²) in [5, 5.41) is 15.1. The number of thioether (sulfide) groups is 1. The van der Waals surface area contributed by atoms with E-state index in [0.29, 0.717) is 49.6 Å². The van der Waals surface area contributed by atoms with Gasteiger partial charge in [0, 0.05) is 61.6 Å². The van der Waals surface area contributed by atoms with Gasteiger partial charge in [-0.15, -0.1) is 6.58 Å². The molecule has 0 amide bonds. The number of hydrogen-bond acceptors (Lipinski definition) is 10. The molecule has 1 aliphatic heterocycles. The van der Waals surface area contributed by atoms with Gasteiger partial charge in [0.05, 0.1) is 6.10 Å². The smallest absolute Gasteiger partial charge is 0.325 e. The van der Waals surface area contributed by atoms with Crippen molar-refractivity contribution in [1.82, 2.24) is 5.32 Å². The fraction of sp³-hybridized carbons (Fsp3) is 0.758. The van der Waals surface area contributed by atoms with Gasteiger partial charge in [-0.3, -0.25) is 19.2 Å². The van der Waals surface area contributed by atoms with Gasteiger partial charge >= 0.3 is 5.97 Å². The predicted molar refractivity (Wildman–Crippen MR) is 172 cm³/mol. The molecule has 4 aliphatic rings. The highest BCUT2D eigenvalue weighted by Crippen LogP contribution is 2.68. The third-order valence-electron chi connectivity index (χ3n) is 12.1. The van der Waals surface area contributed by atoms with Crippen LogP contribution >= 0.6 is 11.8 Å². The SMILES string of the molecule is C=C[C@]1(C)C[C@@H](OC(=O)CN(CCSC)c2c(N3CCNCC3)c(=O)c2=O)[C@]2(C)[C@H](C)CC[C@]3(CCC(=O)[C@H]32)[C@@H](C)[C@@H]1O. The summed E-state index contributed by atoms with van der Waals surface area (Å²) in [4.78, 5) is 57.0. The Morgan fingerprint density at radius 2 is 1.88 bits per heavy atom. The Bertz CT molecular complexity index is 1320. The van der Waals surface area contributed by atoms with Gasteiger partial charge in [-0.2, -0.15) is 11.8 Å². The summed E-state index contributed by atoms with van der Waals surface area (Å²) in [5.74, 6) is 0.110. The second-order valence-corrected chi connectivity index (χ2v) is 15.1. The zero-order valence-electron chi connectivity index (χ0n) is 26.4. The molecule has 0 unspecified atom stereocenters. The predicted octanol–water partition coefficient (Wildman–Crippen LogP) is 2.77. The van der Waals surface area contributed by atoms with Gasteiger partial charge in [-0.25, -0.2) is 0 Å². The van der Waals surface area contributed by atoms with Crippen LogP contribution in [-0.2, 0) is 14.3 Å². The third kappa shape index (κ3) is 5.09. The zero-order chi connectivity index (χ0) is 31.3. The van der Waals surface area contributed by atoms with E-state index in [1.165, 1.54) is 0 Å². The quantitative estimate of drug-likeness (QED) is 0.244. The molecule has 1 aromatic carbocycles. The number of nitrogens with one attached hydrogen (secondary N) is 1. The molecule has 0 aromatic heterocycles. The van der Waals surface area contributed by atoms with Gasteiger partial charge in [0.15, 0.2) is 0 Å². The number of Topliss-reactive ketones (excluding diaryl/α,β-unsaturated/α-hetero) is 1. The highest BCUT2D eigenvalue weighted by atomic mass is 32.2. The Morgan fingerprint density at radius 3 is 2.53 bits per heavy atom. The molecule has 238 valence electrons. The van der Waals surface area contributed by atoms with Crippen molar-refractivity contribution >= 4 is 34.9 Å². The van der Waals surface area contributed by atoms with E-state index in [1.54, 1.807) is 22.7 Å². The summed E-state index contributed by atoms with van der Waals surface area (Å²) in [6.45, 7) is 15.4. The molecular weight excluding hydrogens is 566 g/mol. The van der Waals surface area contributed by atoms with Crippen LogP contribution in [0, 0.1) is 34.0 Å². The summed E-state index contributed by atoms with van der Waals surface area (Å²) >= 11 is 1.60. The number of rotatable bonds is 9. The molecule has 9 nitrogen and oxygen atoms in total. The lowest BCUT2D eigenvalue weighted by Gasteiger charge is -2.61. The summed E-state index contributed by atoms with van der Waals surface area (Å²) in [6.07, 6.45) is 5.73. The highest BCUT2D eigenvalue weighted by molar-refractivity contribution is 7.98. The van der Waals surface area contributed by atoms with Crippen molar-refractivity contribution in [3.8, 4) is 0 Å². The van der Waals surface area contributed by atoms with Crippen molar-refractivity contribution in [1.29, 1.82) is 0 Å². The first-order valence-electron chi connectivity index (χ1n) is 15.9. The lowest BCUT2D eigenvalue weighted by Crippen LogP contribution is -2.63. The molecule has 0 radical (unpaired) electrons. The average Bonchev–Trinajstić information content (AvgIpc) is 3.36. The van der Waals surface area contributed by atoms with Crippen molar-refractivity contribution in [3.63, 3.8) is 0 Å². The number of piperazine rings is 1. The second-order valence-electron chi connectivity index (χ2n) is 14.1. The van der Waals surface area contributed by atoms with E-state index in [2.05, 4.69) is 32.7 Å². The average molecular weight is 616 g/mol. The highest BCUT2D eigenvalue weighted by Gasteiger charge is 2.68. The van der Waals surface area contributed by atoms with E-state index in [-0.39, 0.29) is 35.5 Å². The molecule has 4 fully saturated rings. The minimum Gasteiger partial charge on any atom is -0.460 e. The molecule has 2 N–H and O–H groups in total. The summed E-state index contributed by atoms with van der Waals surface area (Å²) < 4.78 is 6.45. The maximum Gasteiger partial charge on any atom is 0.325 e. The maximum absolute atomic E-state index is 13.9. The summed E-state index contributed by atoms with van der Waals surface area (Å²) in [7, 11) is 0. The van der Waals surface area contributed by atoms with Gasteiger partial charge in [0.25, 0.3) is 10.9 Å². The fourth-order valence-electron chi connectivity index (χ4n) is 9.17. The van der Waals surface area contributed by atoms with Crippen molar-refractivity contribution in [2.45, 2.75) is 72.0 Å². The Morgan fingerprint density at radius 1 is 1.19 bits per heavy atom. The minimum atomic E-state index is -0.735. The first-order valence-corrected chi connectivity index (χ1v) is 17.3. The zero-order valence-corrected chi connectivity index (χ0v) is 27.3. The van der Waals surface area contributed by atoms with E-state index < -0.39 is 39.9 Å². The fourth-order valence-corrected chi connectivity index (χ4v) is 9.57. The van der Waals surface area contributed by atoms with Crippen molar-refractivity contribution in [2.75, 3.05) is 61.1 Å². The Kier molecular flexibility index (Phi) is 8.97. The van der Waals surface area contributed by atoms with Crippen LogP contribution in [0.2, 0.25) is 0 Å². The number of aliphatic hydroxyl groups excluding tert-OH is 1. The van der Waals surface area contributed by atoms with Crippen molar-refractivity contribution in [2.24, 2.45) is 34.0 Å². The number of ketones is 1. The largest absolute Gasteiger partial charge is 0.460 e. The molecule has 0 spiro atoms. The van der Waals surface area contributed by atoms with Crippen LogP contribution in [0.25, 0.3) is 0 Å². The van der Waals surface area contributed by atoms with Crippen LogP contribution in [0.4, 0.5) is 11.4 Å². The van der Waals surface area contributed by atoms with E-state index in [9.17, 15) is 24.3 Å². The lowest BCUT2D eigenvalue weighted by molar-refractivity contribution is -0.206. The van der Waals surface area contributed by atoms with E-state index in [1.807, 2.05) is 18.1 Å². The van der Waals surface area contributed by atoms with Crippen LogP contribution in [0.1, 0.15) is 59.8 Å². The number of hydrogen-bond donors (Lipinski definition) is 2. The topological polar surface area (TPSA) is 116 Å². The maximum atomic E-state index is 13.9. The Hall–Kier alpha value is -2.17. The van der Waals surface area contributed by atoms with Crippen LogP contribution in [0.5, 0.6) is 0 Å². The molecule has 1 saturated heterocycles. The number of carbonyl (C=O) groups excluding carboxylic acids is 2. The van der Waals surface area contributed by atoms with Crippen LogP contribution in [-0.4, -0.2) is 80.3 Å². The molecule has 43 heavy (non-hydrogen) atoms. The Labute approximate surface area is 259 Å². The van der Waals surface area contributed by atoms with Gasteiger partial charge in [0.1, 0.15) is 29.8 Å². The molecule has 1 aromatic rings. The number of nitrogens with zero attached hydrogens (tertiary/aromatic N) is 2. The number of ether oxygens (including phenoxy) is 1. The molecular formula is C33H49N3O6S. The lowest BCUT2D eigenvalue weighted by atomic mass is 9.44. The standard InChI is InChI=1S/C33H49N3O6S/c1-7-31(4)18-23(32(5)20(2)8-10-33(21(3)30(31)41)11-9-22(37)29(32)33)42-24(38)19-36(16-17-43-6)26-25(27(39)28(26)40)35-14-12-34-13-15-35/h7,20-21,23,29-30,34,41H,1,8-19H2,2-6H3/t20-,21+,23-,29+,30+,31-,32+,33+/m1/s1. The number of aliphatic hydroxyl groups is 1. The molecule has 3 saturated carbocycles. The molecule has 3 aliphatic carbocycles. The third-order valence-corrected chi connectivity index (χ3v) is 12.7. The number of esters is 1. The Balaban J connectivity index is 1.48. The van der Waals surface area contributed by atoms with Gasteiger partial charge in [-0.05, 0) is 49.2 Å². The number of anilines is 2. The van der Waals surface area contributed by atoms with Crippen LogP contribution in [0.3, 0.4) is 0 Å². The first kappa shape index (κ1) is 32.2. The van der Waals surface area contributed by atoms with Crippen LogP contribution in [0.15, 0.2) is 22.2 Å². The molecule has 1 heterocycles. The van der Waals surface area contributed by atoms with E-state index in [0.717, 1.165) is 32.4 Å². The minimum absolute atomic E-state index is 0.102. The van der Waals surface area contributed by atoms with E-state index in [4.69, 9.17) is 4.74 Å². The van der Waals surface area contributed by atoms with Gasteiger partial charge in [-0.1, -0.05) is 33.8 Å². The second kappa shape index (κ2) is 12.0. The van der Waals surface area contributed by atoms with E-state index >= 15 is 0 Å². The molecule has 8 atom stereocenters. The van der Waals surface area contributed by atoms with Gasteiger partial charge < -0.3 is 25.0 Å². The first-order chi connectivity index (χ1) is 20.4.